The van der Waals surface area contributed by atoms with E-state index in [1.165, 1.54) is 0 Å². The molecule has 0 unspecified atom stereocenters. The van der Waals surface area contributed by atoms with Crippen LogP contribution in [0.15, 0.2) is 53.7 Å². The van der Waals surface area contributed by atoms with Gasteiger partial charge in [0.15, 0.2) is 0 Å². The van der Waals surface area contributed by atoms with Crippen LogP contribution in [0.2, 0.25) is 0 Å². The number of rotatable bonds is 5. The molecular formula is C22H24F3N3O4S. The monoisotopic (exact) mass is 483 g/mol. The van der Waals surface area contributed by atoms with E-state index in [9.17, 15) is 21.6 Å². The molecule has 2 N–H and O–H groups in total. The number of hydrogen-bond acceptors (Lipinski definition) is 4. The van der Waals surface area contributed by atoms with E-state index in [1.807, 2.05) is 74.9 Å². The van der Waals surface area contributed by atoms with Gasteiger partial charge in [-0.05, 0) is 56.5 Å². The third-order valence-electron chi connectivity index (χ3n) is 4.62. The number of aromatic nitrogens is 2. The largest absolute Gasteiger partial charge is 0.490 e. The van der Waals surface area contributed by atoms with Crippen LogP contribution < -0.4 is 4.72 Å². The summed E-state index contributed by atoms with van der Waals surface area (Å²) in [5.74, 6) is -1.85. The molecule has 0 aliphatic rings. The van der Waals surface area contributed by atoms with Crippen molar-refractivity contribution in [3.8, 4) is 5.69 Å². The van der Waals surface area contributed by atoms with Gasteiger partial charge in [0.1, 0.15) is 5.82 Å². The fourth-order valence-corrected chi connectivity index (χ4v) is 4.73. The van der Waals surface area contributed by atoms with Crippen LogP contribution in [0, 0.1) is 27.7 Å². The lowest BCUT2D eigenvalue weighted by molar-refractivity contribution is -0.192. The first-order chi connectivity index (χ1) is 15.2. The van der Waals surface area contributed by atoms with Crippen molar-refractivity contribution < 1.29 is 31.5 Å². The average Bonchev–Trinajstić information content (AvgIpc) is 3.11. The van der Waals surface area contributed by atoms with Crippen LogP contribution in [0.3, 0.4) is 0 Å². The molecule has 0 saturated carbocycles. The van der Waals surface area contributed by atoms with Gasteiger partial charge in [-0.3, -0.25) is 0 Å². The van der Waals surface area contributed by atoms with E-state index in [4.69, 9.17) is 9.90 Å². The Labute approximate surface area is 190 Å². The van der Waals surface area contributed by atoms with Gasteiger partial charge >= 0.3 is 12.1 Å². The summed E-state index contributed by atoms with van der Waals surface area (Å²) in [6, 6.07) is 11.5. The van der Waals surface area contributed by atoms with E-state index < -0.39 is 22.2 Å². The summed E-state index contributed by atoms with van der Waals surface area (Å²) in [4.78, 5) is 13.5. The molecule has 0 radical (unpaired) electrons. The molecular weight excluding hydrogens is 459 g/mol. The van der Waals surface area contributed by atoms with Gasteiger partial charge in [-0.15, -0.1) is 0 Å². The normalized spacial score (nSPS) is 11.6. The first-order valence-corrected chi connectivity index (χ1v) is 11.2. The minimum absolute atomic E-state index is 0.248. The van der Waals surface area contributed by atoms with E-state index >= 15 is 0 Å². The molecule has 0 aliphatic carbocycles. The van der Waals surface area contributed by atoms with Crippen molar-refractivity contribution in [2.24, 2.45) is 0 Å². The fraction of sp³-hybridized carbons (Fsp3) is 0.273. The smallest absolute Gasteiger partial charge is 0.475 e. The van der Waals surface area contributed by atoms with Crippen LogP contribution >= 0.6 is 0 Å². The Hall–Kier alpha value is -3.18. The van der Waals surface area contributed by atoms with E-state index in [0.717, 1.165) is 33.8 Å². The third-order valence-corrected chi connectivity index (χ3v) is 6.33. The minimum atomic E-state index is -5.08. The fourth-order valence-electron chi connectivity index (χ4n) is 3.27. The Balaban J connectivity index is 0.000000479. The lowest BCUT2D eigenvalue weighted by atomic mass is 10.1. The maximum Gasteiger partial charge on any atom is 0.490 e. The number of carboxylic acids is 1. The molecule has 3 aromatic rings. The number of hydrogen-bond donors (Lipinski definition) is 2. The summed E-state index contributed by atoms with van der Waals surface area (Å²) in [7, 11) is -3.56. The summed E-state index contributed by atoms with van der Waals surface area (Å²) >= 11 is 0. The number of imidazole rings is 1. The molecule has 1 heterocycles. The number of aryl methyl sites for hydroxylation is 4. The molecule has 7 nitrogen and oxygen atoms in total. The van der Waals surface area contributed by atoms with E-state index in [2.05, 4.69) is 9.71 Å². The predicted molar refractivity (Wildman–Crippen MR) is 117 cm³/mol. The van der Waals surface area contributed by atoms with Crippen molar-refractivity contribution in [2.45, 2.75) is 45.3 Å². The van der Waals surface area contributed by atoms with Gasteiger partial charge in [0, 0.05) is 24.6 Å². The number of carboxylic acid groups (broad SMARTS) is 1. The molecule has 0 amide bonds. The molecule has 1 aromatic heterocycles. The first kappa shape index (κ1) is 26.1. The highest BCUT2D eigenvalue weighted by molar-refractivity contribution is 7.89. The van der Waals surface area contributed by atoms with Gasteiger partial charge in [0.25, 0.3) is 0 Å². The highest BCUT2D eigenvalue weighted by atomic mass is 32.2. The maximum atomic E-state index is 12.7. The van der Waals surface area contributed by atoms with Gasteiger partial charge in [-0.2, -0.15) is 13.2 Å². The Bertz CT molecular complexity index is 1210. The molecule has 0 saturated heterocycles. The van der Waals surface area contributed by atoms with Crippen LogP contribution in [0.25, 0.3) is 5.69 Å². The van der Waals surface area contributed by atoms with Crippen molar-refractivity contribution in [3.05, 3.63) is 76.9 Å². The van der Waals surface area contributed by atoms with Gasteiger partial charge in [0.05, 0.1) is 4.90 Å². The zero-order valence-corrected chi connectivity index (χ0v) is 19.3. The molecule has 3 rings (SSSR count). The van der Waals surface area contributed by atoms with Gasteiger partial charge < -0.3 is 9.67 Å². The van der Waals surface area contributed by atoms with Crippen LogP contribution in [0.4, 0.5) is 13.2 Å². The molecule has 0 bridgehead atoms. The lowest BCUT2D eigenvalue weighted by Gasteiger charge is -2.13. The SMILES string of the molecule is Cc1cc(C)c(S(=O)(=O)NCc2ccc(-n3ccnc3C)cc2)c(C)c1.O=C(O)C(F)(F)F. The maximum absolute atomic E-state index is 12.7. The first-order valence-electron chi connectivity index (χ1n) is 9.69. The number of halogens is 3. The zero-order chi connectivity index (χ0) is 25.0. The van der Waals surface area contributed by atoms with E-state index in [1.54, 1.807) is 6.20 Å². The summed E-state index contributed by atoms with van der Waals surface area (Å²) in [5, 5.41) is 7.12. The minimum Gasteiger partial charge on any atom is -0.475 e. The summed E-state index contributed by atoms with van der Waals surface area (Å²) in [6.07, 6.45) is -1.43. The second-order valence-electron chi connectivity index (χ2n) is 7.37. The van der Waals surface area contributed by atoms with Crippen LogP contribution in [0.5, 0.6) is 0 Å². The molecule has 0 atom stereocenters. The Morgan fingerprint density at radius 1 is 1.06 bits per heavy atom. The molecule has 0 spiro atoms. The quantitative estimate of drug-likeness (QED) is 0.566. The highest BCUT2D eigenvalue weighted by Gasteiger charge is 2.38. The molecule has 0 aliphatic heterocycles. The standard InChI is InChI=1S/C20H23N3O2S.C2HF3O2/c1-14-11-15(2)20(16(3)12-14)26(24,25)22-13-18-5-7-19(8-6-18)23-10-9-21-17(23)4;3-2(4,5)1(6)7/h5-12,22H,13H2,1-4H3;(H,6,7). The number of nitrogens with one attached hydrogen (secondary N) is 1. The molecule has 11 heteroatoms. The van der Waals surface area contributed by atoms with Crippen LogP contribution in [-0.4, -0.2) is 35.2 Å². The van der Waals surface area contributed by atoms with Crippen molar-refractivity contribution in [1.29, 1.82) is 0 Å². The van der Waals surface area contributed by atoms with Crippen molar-refractivity contribution in [2.75, 3.05) is 0 Å². The predicted octanol–water partition coefficient (Wildman–Crippen LogP) is 4.22. The molecule has 0 fully saturated rings. The van der Waals surface area contributed by atoms with Gasteiger partial charge in [-0.25, -0.2) is 22.9 Å². The third kappa shape index (κ3) is 6.90. The summed E-state index contributed by atoms with van der Waals surface area (Å²) < 4.78 is 61.9. The number of nitrogens with zero attached hydrogens (tertiary/aromatic N) is 2. The van der Waals surface area contributed by atoms with Crippen molar-refractivity contribution >= 4 is 16.0 Å². The number of benzene rings is 2. The summed E-state index contributed by atoms with van der Waals surface area (Å²) in [6.45, 7) is 7.81. The number of aliphatic carboxylic acids is 1. The average molecular weight is 484 g/mol. The van der Waals surface area contributed by atoms with E-state index in [-0.39, 0.29) is 6.54 Å². The van der Waals surface area contributed by atoms with Crippen molar-refractivity contribution in [3.63, 3.8) is 0 Å². The molecule has 2 aromatic carbocycles. The highest BCUT2D eigenvalue weighted by Crippen LogP contribution is 2.22. The van der Waals surface area contributed by atoms with E-state index in [0.29, 0.717) is 4.90 Å². The van der Waals surface area contributed by atoms with Gasteiger partial charge in [0.2, 0.25) is 10.0 Å². The molecule has 33 heavy (non-hydrogen) atoms. The molecule has 178 valence electrons. The number of carbonyl (C=O) groups is 1. The van der Waals surface area contributed by atoms with Crippen molar-refractivity contribution in [1.82, 2.24) is 14.3 Å². The van der Waals surface area contributed by atoms with Crippen LogP contribution in [0.1, 0.15) is 28.1 Å². The number of sulfonamides is 1. The topological polar surface area (TPSA) is 101 Å². The Morgan fingerprint density at radius 2 is 1.58 bits per heavy atom. The number of alkyl halides is 3. The Kier molecular flexibility index (Phi) is 8.04. The van der Waals surface area contributed by atoms with Gasteiger partial charge in [-0.1, -0.05) is 29.8 Å². The second-order valence-corrected chi connectivity index (χ2v) is 9.07. The lowest BCUT2D eigenvalue weighted by Crippen LogP contribution is -2.25. The zero-order valence-electron chi connectivity index (χ0n) is 18.4. The van der Waals surface area contributed by atoms with Crippen LogP contribution in [-0.2, 0) is 21.4 Å². The second kappa shape index (κ2) is 10.2. The Morgan fingerprint density at radius 3 is 2.00 bits per heavy atom. The summed E-state index contributed by atoms with van der Waals surface area (Å²) in [5.41, 5.74) is 4.49.